The first-order valence-electron chi connectivity index (χ1n) is 10.8. The molecule has 0 unspecified atom stereocenters. The summed E-state index contributed by atoms with van der Waals surface area (Å²) in [6.07, 6.45) is 1.38. The quantitative estimate of drug-likeness (QED) is 0.278. The maximum Gasteiger partial charge on any atom is 0.223 e. The average molecular weight is 533 g/mol. The number of aliphatic imine (C=N–C) groups is 1. The molecule has 166 valence electrons. The number of anilines is 1. The number of hydrogen-bond donors (Lipinski definition) is 1. The third-order valence-electron chi connectivity index (χ3n) is 5.96. The van der Waals surface area contributed by atoms with Gasteiger partial charge in [0.05, 0.1) is 0 Å². The van der Waals surface area contributed by atoms with Gasteiger partial charge in [0.2, 0.25) is 5.91 Å². The molecule has 0 radical (unpaired) electrons. The number of carbonyl (C=O) groups excluding carboxylic acids is 1. The Bertz CT molecular complexity index is 856. The number of amides is 1. The van der Waals surface area contributed by atoms with Gasteiger partial charge in [0.25, 0.3) is 0 Å². The van der Waals surface area contributed by atoms with Crippen LogP contribution in [0.3, 0.4) is 0 Å². The lowest BCUT2D eigenvalue weighted by molar-refractivity contribution is -0.131. The van der Waals surface area contributed by atoms with Gasteiger partial charge in [0.1, 0.15) is 0 Å². The van der Waals surface area contributed by atoms with E-state index in [2.05, 4.69) is 62.6 Å². The summed E-state index contributed by atoms with van der Waals surface area (Å²) in [5.41, 5.74) is 3.83. The Labute approximate surface area is 202 Å². The van der Waals surface area contributed by atoms with E-state index in [9.17, 15) is 4.79 Å². The second-order valence-electron chi connectivity index (χ2n) is 7.91. The van der Waals surface area contributed by atoms with Crippen LogP contribution in [0.5, 0.6) is 0 Å². The Hall–Kier alpha value is -2.29. The molecule has 1 amide bonds. The number of rotatable bonds is 5. The van der Waals surface area contributed by atoms with Gasteiger partial charge >= 0.3 is 0 Å². The summed E-state index contributed by atoms with van der Waals surface area (Å²) in [7, 11) is 1.83. The molecular formula is C24H32IN5O. The van der Waals surface area contributed by atoms with Crippen molar-refractivity contribution in [2.24, 2.45) is 4.99 Å². The van der Waals surface area contributed by atoms with E-state index in [1.165, 1.54) is 16.8 Å². The van der Waals surface area contributed by atoms with Crippen LogP contribution in [0, 0.1) is 0 Å². The van der Waals surface area contributed by atoms with Gasteiger partial charge in [0.15, 0.2) is 5.96 Å². The number of para-hydroxylation sites is 1. The molecule has 2 heterocycles. The van der Waals surface area contributed by atoms with E-state index in [1.807, 2.05) is 24.1 Å². The molecule has 1 saturated heterocycles. The topological polar surface area (TPSA) is 51.2 Å². The number of carbonyl (C=O) groups is 1. The van der Waals surface area contributed by atoms with Crippen LogP contribution in [0.2, 0.25) is 0 Å². The van der Waals surface area contributed by atoms with Crippen LogP contribution in [0.15, 0.2) is 59.6 Å². The number of nitrogens with zero attached hydrogens (tertiary/aromatic N) is 4. The fourth-order valence-corrected chi connectivity index (χ4v) is 4.25. The van der Waals surface area contributed by atoms with Gasteiger partial charge in [0, 0.05) is 65.0 Å². The summed E-state index contributed by atoms with van der Waals surface area (Å²) in [5, 5.41) is 3.44. The highest BCUT2D eigenvalue weighted by molar-refractivity contribution is 14.0. The summed E-state index contributed by atoms with van der Waals surface area (Å²) < 4.78 is 0. The van der Waals surface area contributed by atoms with Crippen molar-refractivity contribution in [1.82, 2.24) is 15.1 Å². The first-order valence-corrected chi connectivity index (χ1v) is 10.8. The monoisotopic (exact) mass is 533 g/mol. The smallest absolute Gasteiger partial charge is 0.223 e. The summed E-state index contributed by atoms with van der Waals surface area (Å²) in [6.45, 7) is 6.11. The molecule has 0 aliphatic carbocycles. The highest BCUT2D eigenvalue weighted by Gasteiger charge is 2.23. The van der Waals surface area contributed by atoms with Gasteiger partial charge in [-0.2, -0.15) is 0 Å². The van der Waals surface area contributed by atoms with Gasteiger partial charge in [-0.25, -0.2) is 0 Å². The van der Waals surface area contributed by atoms with Crippen LogP contribution in [-0.4, -0.2) is 61.4 Å². The average Bonchev–Trinajstić information content (AvgIpc) is 3.24. The maximum absolute atomic E-state index is 12.6. The molecule has 0 atom stereocenters. The Morgan fingerprint density at radius 2 is 1.52 bits per heavy atom. The molecule has 1 fully saturated rings. The molecule has 0 aromatic heterocycles. The number of guanidine groups is 1. The minimum Gasteiger partial charge on any atom is -0.368 e. The van der Waals surface area contributed by atoms with Crippen molar-refractivity contribution in [3.05, 3.63) is 65.7 Å². The molecule has 6 nitrogen and oxygen atoms in total. The third-order valence-corrected chi connectivity index (χ3v) is 5.96. The first-order chi connectivity index (χ1) is 14.7. The second kappa shape index (κ2) is 11.4. The van der Waals surface area contributed by atoms with Crippen LogP contribution < -0.4 is 10.2 Å². The number of halogens is 1. The second-order valence-corrected chi connectivity index (χ2v) is 7.91. The highest BCUT2D eigenvalue weighted by atomic mass is 127. The lowest BCUT2D eigenvalue weighted by Crippen LogP contribution is -2.52. The van der Waals surface area contributed by atoms with Gasteiger partial charge in [-0.1, -0.05) is 42.5 Å². The van der Waals surface area contributed by atoms with Crippen LogP contribution >= 0.6 is 24.0 Å². The number of piperazine rings is 1. The maximum atomic E-state index is 12.6. The summed E-state index contributed by atoms with van der Waals surface area (Å²) in [6, 6.07) is 18.9. The van der Waals surface area contributed by atoms with Crippen molar-refractivity contribution >= 4 is 41.5 Å². The molecule has 1 N–H and O–H groups in total. The molecule has 4 rings (SSSR count). The van der Waals surface area contributed by atoms with Crippen molar-refractivity contribution < 1.29 is 4.79 Å². The highest BCUT2D eigenvalue weighted by Crippen LogP contribution is 2.23. The standard InChI is InChI=1S/C24H31N5O.HI/c1-25-24(28-16-14-27(15-17-28)22-10-3-2-4-11-22)26-13-7-12-23(30)29-18-20-8-5-6-9-21(20)19-29;/h2-6,8-11H,7,12-19H2,1H3,(H,25,26);1H. The minimum absolute atomic E-state index is 0. The molecular weight excluding hydrogens is 501 g/mol. The van der Waals surface area contributed by atoms with Crippen LogP contribution in [0.1, 0.15) is 24.0 Å². The van der Waals surface area contributed by atoms with Crippen LogP contribution in [0.4, 0.5) is 5.69 Å². The number of benzene rings is 2. The zero-order valence-corrected chi connectivity index (χ0v) is 20.5. The molecule has 2 aromatic carbocycles. The molecule has 0 spiro atoms. The van der Waals surface area contributed by atoms with E-state index in [4.69, 9.17) is 0 Å². The lowest BCUT2D eigenvalue weighted by Gasteiger charge is -2.37. The van der Waals surface area contributed by atoms with E-state index in [1.54, 1.807) is 0 Å². The SMILES string of the molecule is CN=C(NCCCC(=O)N1Cc2ccccc2C1)N1CCN(c2ccccc2)CC1.I. The molecule has 2 aliphatic heterocycles. The van der Waals surface area contributed by atoms with E-state index < -0.39 is 0 Å². The van der Waals surface area contributed by atoms with Gasteiger partial charge in [-0.3, -0.25) is 9.79 Å². The zero-order chi connectivity index (χ0) is 20.8. The van der Waals surface area contributed by atoms with Crippen molar-refractivity contribution in [2.75, 3.05) is 44.7 Å². The predicted molar refractivity (Wildman–Crippen MR) is 137 cm³/mol. The minimum atomic E-state index is 0. The molecule has 2 aromatic rings. The van der Waals surface area contributed by atoms with Gasteiger partial charge in [-0.05, 0) is 29.7 Å². The summed E-state index contributed by atoms with van der Waals surface area (Å²) in [5.74, 6) is 1.17. The largest absolute Gasteiger partial charge is 0.368 e. The Balaban J connectivity index is 0.00000272. The molecule has 0 saturated carbocycles. The fourth-order valence-electron chi connectivity index (χ4n) is 4.25. The number of nitrogens with one attached hydrogen (secondary N) is 1. The molecule has 7 heteroatoms. The first kappa shape index (κ1) is 23.4. The van der Waals surface area contributed by atoms with Crippen LogP contribution in [-0.2, 0) is 17.9 Å². The molecule has 2 aliphatic rings. The normalized spacial score (nSPS) is 16.0. The van der Waals surface area contributed by atoms with E-state index >= 15 is 0 Å². The van der Waals surface area contributed by atoms with Crippen molar-refractivity contribution in [3.63, 3.8) is 0 Å². The Kier molecular flexibility index (Phi) is 8.57. The summed E-state index contributed by atoms with van der Waals surface area (Å²) in [4.78, 5) is 23.7. The van der Waals surface area contributed by atoms with Crippen molar-refractivity contribution in [1.29, 1.82) is 0 Å². The molecule has 0 bridgehead atoms. The lowest BCUT2D eigenvalue weighted by atomic mass is 10.1. The van der Waals surface area contributed by atoms with Gasteiger partial charge < -0.3 is 20.0 Å². The summed E-state index contributed by atoms with van der Waals surface area (Å²) >= 11 is 0. The Morgan fingerprint density at radius 1 is 0.903 bits per heavy atom. The van der Waals surface area contributed by atoms with Gasteiger partial charge in [-0.15, -0.1) is 24.0 Å². The number of fused-ring (bicyclic) bond motifs is 1. The van der Waals surface area contributed by atoms with E-state index in [-0.39, 0.29) is 29.9 Å². The predicted octanol–water partition coefficient (Wildman–Crippen LogP) is 3.32. The van der Waals surface area contributed by atoms with E-state index in [0.29, 0.717) is 6.42 Å². The van der Waals surface area contributed by atoms with E-state index in [0.717, 1.165) is 58.2 Å². The van der Waals surface area contributed by atoms with Crippen molar-refractivity contribution in [3.8, 4) is 0 Å². The van der Waals surface area contributed by atoms with Crippen molar-refractivity contribution in [2.45, 2.75) is 25.9 Å². The fraction of sp³-hybridized carbons (Fsp3) is 0.417. The molecule has 31 heavy (non-hydrogen) atoms. The zero-order valence-electron chi connectivity index (χ0n) is 18.2. The van der Waals surface area contributed by atoms with Crippen LogP contribution in [0.25, 0.3) is 0 Å². The Morgan fingerprint density at radius 3 is 2.13 bits per heavy atom. The number of hydrogen-bond acceptors (Lipinski definition) is 3. The third kappa shape index (κ3) is 5.90.